The number of rotatable bonds is 1. The Bertz CT molecular complexity index is 293. The second-order valence-electron chi connectivity index (χ2n) is 1.84. The molecule has 6 nitrogen and oxygen atoms in total. The lowest BCUT2D eigenvalue weighted by Crippen LogP contribution is -2.42. The lowest BCUT2D eigenvalue weighted by atomic mass is 10.5. The van der Waals surface area contributed by atoms with Gasteiger partial charge in [0.15, 0.2) is 0 Å². The van der Waals surface area contributed by atoms with E-state index in [0.717, 1.165) is 6.20 Å². The lowest BCUT2D eigenvalue weighted by molar-refractivity contribution is 0.228. The molecule has 0 aromatic heterocycles. The van der Waals surface area contributed by atoms with E-state index in [1.165, 1.54) is 6.08 Å². The Morgan fingerprint density at radius 1 is 1.64 bits per heavy atom. The van der Waals surface area contributed by atoms with Gasteiger partial charge in [-0.05, 0) is 6.08 Å². The molecule has 1 rings (SSSR count). The van der Waals surface area contributed by atoms with E-state index in [-0.39, 0.29) is 10.8 Å². The van der Waals surface area contributed by atoms with Gasteiger partial charge in [0, 0.05) is 12.7 Å². The van der Waals surface area contributed by atoms with Crippen molar-refractivity contribution in [2.75, 3.05) is 6.54 Å². The van der Waals surface area contributed by atoms with Crippen molar-refractivity contribution in [2.45, 2.75) is 0 Å². The van der Waals surface area contributed by atoms with Crippen LogP contribution in [0.3, 0.4) is 0 Å². The van der Waals surface area contributed by atoms with Crippen LogP contribution in [0.1, 0.15) is 0 Å². The van der Waals surface area contributed by atoms with Crippen molar-refractivity contribution in [1.29, 1.82) is 0 Å². The molecule has 0 saturated heterocycles. The van der Waals surface area contributed by atoms with Gasteiger partial charge < -0.3 is 5.32 Å². The van der Waals surface area contributed by atoms with Gasteiger partial charge in [0.2, 0.25) is 0 Å². The molecule has 0 spiro atoms. The van der Waals surface area contributed by atoms with Gasteiger partial charge >= 0.3 is 16.3 Å². The highest BCUT2D eigenvalue weighted by molar-refractivity contribution is 7.84. The molecule has 0 unspecified atom stereocenters. The first-order valence-electron chi connectivity index (χ1n) is 2.73. The van der Waals surface area contributed by atoms with Crippen LogP contribution in [0.2, 0.25) is 0 Å². The van der Waals surface area contributed by atoms with Crippen LogP contribution in [0.4, 0.5) is 4.79 Å². The zero-order valence-corrected chi connectivity index (χ0v) is 6.21. The average Bonchev–Trinajstić information content (AvgIpc) is 1.86. The third kappa shape index (κ3) is 1.69. The summed E-state index contributed by atoms with van der Waals surface area (Å²) in [6.45, 7) is 0.269. The molecule has 11 heavy (non-hydrogen) atoms. The quantitative estimate of drug-likeness (QED) is 0.521. The van der Waals surface area contributed by atoms with Crippen LogP contribution in [-0.2, 0) is 10.3 Å². The fraction of sp³-hybridized carbons (Fsp3) is 0.250. The van der Waals surface area contributed by atoms with Gasteiger partial charge in [0.05, 0.1) is 0 Å². The topological polar surface area (TPSA) is 86.7 Å². The summed E-state index contributed by atoms with van der Waals surface area (Å²) in [5, 5.41) is 2.20. The van der Waals surface area contributed by atoms with Crippen LogP contribution >= 0.6 is 0 Å². The van der Waals surface area contributed by atoms with Gasteiger partial charge in [-0.25, -0.2) is 4.79 Å². The van der Waals surface area contributed by atoms with Crippen molar-refractivity contribution in [1.82, 2.24) is 9.62 Å². The van der Waals surface area contributed by atoms with E-state index in [2.05, 4.69) is 5.32 Å². The minimum absolute atomic E-state index is 0.219. The van der Waals surface area contributed by atoms with Crippen molar-refractivity contribution in [2.24, 2.45) is 0 Å². The lowest BCUT2D eigenvalue weighted by Gasteiger charge is -2.17. The molecule has 0 radical (unpaired) electrons. The summed E-state index contributed by atoms with van der Waals surface area (Å²) in [4.78, 5) is 10.7. The summed E-state index contributed by atoms with van der Waals surface area (Å²) in [5.41, 5.74) is 0. The Morgan fingerprint density at radius 2 is 2.27 bits per heavy atom. The highest BCUT2D eigenvalue weighted by Crippen LogP contribution is 2.01. The number of hydrogen-bond acceptors (Lipinski definition) is 3. The van der Waals surface area contributed by atoms with Gasteiger partial charge in [-0.3, -0.25) is 4.55 Å². The third-order valence-corrected chi connectivity index (χ3v) is 1.85. The number of nitrogens with one attached hydrogen (secondary N) is 1. The Hall–Kier alpha value is -1.08. The average molecular weight is 178 g/mol. The fourth-order valence-electron chi connectivity index (χ4n) is 0.622. The summed E-state index contributed by atoms with van der Waals surface area (Å²) in [6, 6.07) is -0.852. The Kier molecular flexibility index (Phi) is 1.83. The van der Waals surface area contributed by atoms with Crippen LogP contribution < -0.4 is 5.32 Å². The maximum Gasteiger partial charge on any atom is 0.367 e. The molecule has 2 N–H and O–H groups in total. The molecular weight excluding hydrogens is 172 g/mol. The molecule has 0 aliphatic carbocycles. The molecule has 0 bridgehead atoms. The molecule has 1 aliphatic rings. The Balaban J connectivity index is 2.96. The molecule has 1 aliphatic heterocycles. The van der Waals surface area contributed by atoms with Crippen LogP contribution in [0.5, 0.6) is 0 Å². The molecule has 0 saturated carbocycles. The van der Waals surface area contributed by atoms with Crippen molar-refractivity contribution in [3.8, 4) is 0 Å². The van der Waals surface area contributed by atoms with E-state index < -0.39 is 16.3 Å². The maximum absolute atomic E-state index is 10.7. The van der Waals surface area contributed by atoms with Crippen LogP contribution in [0.25, 0.3) is 0 Å². The van der Waals surface area contributed by atoms with Crippen LogP contribution in [-0.4, -0.2) is 29.9 Å². The smallest absolute Gasteiger partial charge is 0.333 e. The van der Waals surface area contributed by atoms with E-state index in [0.29, 0.717) is 0 Å². The van der Waals surface area contributed by atoms with Crippen molar-refractivity contribution in [3.05, 3.63) is 12.3 Å². The monoisotopic (exact) mass is 178 g/mol. The molecule has 7 heteroatoms. The number of amides is 2. The molecular formula is C4H6N2O4S. The normalized spacial score (nSPS) is 18.3. The molecule has 0 fully saturated rings. The van der Waals surface area contributed by atoms with E-state index >= 15 is 0 Å². The highest BCUT2D eigenvalue weighted by Gasteiger charge is 2.23. The van der Waals surface area contributed by atoms with Crippen LogP contribution in [0.15, 0.2) is 12.3 Å². The molecule has 0 atom stereocenters. The summed E-state index contributed by atoms with van der Waals surface area (Å²) in [7, 11) is -4.44. The number of hydrogen-bond donors (Lipinski definition) is 2. The Labute approximate surface area is 63.4 Å². The number of urea groups is 1. The van der Waals surface area contributed by atoms with E-state index in [4.69, 9.17) is 4.55 Å². The predicted molar refractivity (Wildman–Crippen MR) is 35.9 cm³/mol. The van der Waals surface area contributed by atoms with Gasteiger partial charge in [-0.1, -0.05) is 0 Å². The van der Waals surface area contributed by atoms with Gasteiger partial charge in [-0.2, -0.15) is 12.7 Å². The first kappa shape index (κ1) is 8.02. The molecule has 2 amide bonds. The van der Waals surface area contributed by atoms with Gasteiger partial charge in [0.25, 0.3) is 0 Å². The summed E-state index contributed by atoms with van der Waals surface area (Å²) in [5.74, 6) is 0. The zero-order chi connectivity index (χ0) is 8.48. The third-order valence-electron chi connectivity index (χ3n) is 1.06. The Morgan fingerprint density at radius 3 is 2.64 bits per heavy atom. The molecule has 0 aromatic carbocycles. The first-order valence-corrected chi connectivity index (χ1v) is 4.13. The first-order chi connectivity index (χ1) is 5.02. The van der Waals surface area contributed by atoms with Crippen molar-refractivity contribution >= 4 is 16.3 Å². The fourth-order valence-corrected chi connectivity index (χ4v) is 1.14. The second-order valence-corrected chi connectivity index (χ2v) is 3.13. The standard InChI is InChI=1S/C4H6N2O4S/c7-4-5-2-1-3-6(4)11(8,9)10/h1,3H,2H2,(H,5,7)(H,8,9,10). The van der Waals surface area contributed by atoms with Crippen LogP contribution in [0, 0.1) is 0 Å². The van der Waals surface area contributed by atoms with E-state index in [1.54, 1.807) is 0 Å². The van der Waals surface area contributed by atoms with Gasteiger partial charge in [0.1, 0.15) is 0 Å². The van der Waals surface area contributed by atoms with Crippen molar-refractivity contribution in [3.63, 3.8) is 0 Å². The zero-order valence-electron chi connectivity index (χ0n) is 5.39. The summed E-state index contributed by atoms with van der Waals surface area (Å²) in [6.07, 6.45) is 2.39. The van der Waals surface area contributed by atoms with Gasteiger partial charge in [-0.15, -0.1) is 0 Å². The minimum atomic E-state index is -4.44. The predicted octanol–water partition coefficient (Wildman–Crippen LogP) is -0.672. The minimum Gasteiger partial charge on any atom is -0.333 e. The molecule has 1 heterocycles. The largest absolute Gasteiger partial charge is 0.367 e. The number of carbonyl (C=O) groups is 1. The maximum atomic E-state index is 10.7. The molecule has 62 valence electrons. The van der Waals surface area contributed by atoms with E-state index in [1.807, 2.05) is 0 Å². The highest BCUT2D eigenvalue weighted by atomic mass is 32.2. The SMILES string of the molecule is O=C1NCC=CN1S(=O)(=O)O. The van der Waals surface area contributed by atoms with Crippen molar-refractivity contribution < 1.29 is 17.8 Å². The second kappa shape index (κ2) is 2.51. The van der Waals surface area contributed by atoms with E-state index in [9.17, 15) is 13.2 Å². The number of nitrogens with zero attached hydrogens (tertiary/aromatic N) is 1. The summed E-state index contributed by atoms with van der Waals surface area (Å²) < 4.78 is 29.3. The molecule has 0 aromatic rings. The summed E-state index contributed by atoms with van der Waals surface area (Å²) >= 11 is 0. The number of carbonyl (C=O) groups excluding carboxylic acids is 1.